The first kappa shape index (κ1) is 21.2. The van der Waals surface area contributed by atoms with E-state index in [1.165, 1.54) is 19.3 Å². The number of ether oxygens (including phenoxy) is 3. The van der Waals surface area contributed by atoms with E-state index in [2.05, 4.69) is 15.1 Å². The van der Waals surface area contributed by atoms with Gasteiger partial charge in [0.15, 0.2) is 5.82 Å². The molecule has 8 heteroatoms. The van der Waals surface area contributed by atoms with Crippen molar-refractivity contribution in [2.24, 2.45) is 0 Å². The molecule has 0 radical (unpaired) electrons. The largest absolute Gasteiger partial charge is 0.497 e. The molecule has 0 N–H and O–H groups in total. The predicted molar refractivity (Wildman–Crippen MR) is 117 cm³/mol. The van der Waals surface area contributed by atoms with Crippen LogP contribution in [0.5, 0.6) is 17.4 Å². The number of hydrogen-bond acceptors (Lipinski definition) is 7. The summed E-state index contributed by atoms with van der Waals surface area (Å²) < 4.78 is 16.5. The highest BCUT2D eigenvalue weighted by molar-refractivity contribution is 5.95. The van der Waals surface area contributed by atoms with Crippen molar-refractivity contribution in [2.75, 3.05) is 45.3 Å². The van der Waals surface area contributed by atoms with E-state index in [-0.39, 0.29) is 12.0 Å². The molecule has 1 aliphatic heterocycles. The molecule has 1 aliphatic carbocycles. The second-order valence-corrected chi connectivity index (χ2v) is 7.99. The van der Waals surface area contributed by atoms with Gasteiger partial charge in [-0.3, -0.25) is 4.79 Å². The Morgan fingerprint density at radius 2 is 1.58 bits per heavy atom. The summed E-state index contributed by atoms with van der Waals surface area (Å²) in [5.41, 5.74) is 0.564. The van der Waals surface area contributed by atoms with Gasteiger partial charge in [0.1, 0.15) is 17.6 Å². The Morgan fingerprint density at radius 1 is 0.903 bits per heavy atom. The van der Waals surface area contributed by atoms with Gasteiger partial charge in [0.25, 0.3) is 5.91 Å². The summed E-state index contributed by atoms with van der Waals surface area (Å²) in [4.78, 5) is 17.0. The fourth-order valence-corrected chi connectivity index (χ4v) is 4.15. The standard InChI is InChI=1S/C23H30N4O4/c1-29-19-14-17(15-20(16-19)30-2)23(28)27-12-10-26(11-13-27)21-8-9-22(25-24-21)31-18-6-4-3-5-7-18/h8-9,14-16,18H,3-7,10-13H2,1-2H3. The topological polar surface area (TPSA) is 77.0 Å². The van der Waals surface area contributed by atoms with E-state index in [4.69, 9.17) is 14.2 Å². The van der Waals surface area contributed by atoms with Crippen molar-refractivity contribution >= 4 is 11.7 Å². The quantitative estimate of drug-likeness (QED) is 0.702. The molecular formula is C23H30N4O4. The zero-order chi connectivity index (χ0) is 21.6. The maximum Gasteiger partial charge on any atom is 0.254 e. The van der Waals surface area contributed by atoms with Crippen LogP contribution in [-0.2, 0) is 0 Å². The summed E-state index contributed by atoms with van der Waals surface area (Å²) in [6, 6.07) is 9.10. The number of hydrogen-bond donors (Lipinski definition) is 0. The molecular weight excluding hydrogens is 396 g/mol. The summed E-state index contributed by atoms with van der Waals surface area (Å²) in [5, 5.41) is 8.62. The Hall–Kier alpha value is -3.03. The van der Waals surface area contributed by atoms with Crippen molar-refractivity contribution in [3.05, 3.63) is 35.9 Å². The van der Waals surface area contributed by atoms with Gasteiger partial charge in [0.2, 0.25) is 5.88 Å². The van der Waals surface area contributed by atoms with Gasteiger partial charge < -0.3 is 24.0 Å². The maximum atomic E-state index is 13.0. The first-order valence-corrected chi connectivity index (χ1v) is 10.9. The number of methoxy groups -OCH3 is 2. The molecule has 1 saturated heterocycles. The summed E-state index contributed by atoms with van der Waals surface area (Å²) in [6.07, 6.45) is 6.20. The smallest absolute Gasteiger partial charge is 0.254 e. The Labute approximate surface area is 183 Å². The molecule has 1 amide bonds. The highest BCUT2D eigenvalue weighted by Gasteiger charge is 2.24. The molecule has 4 rings (SSSR count). The fraction of sp³-hybridized carbons (Fsp3) is 0.522. The van der Waals surface area contributed by atoms with E-state index in [1.54, 1.807) is 32.4 Å². The molecule has 166 valence electrons. The van der Waals surface area contributed by atoms with Gasteiger partial charge in [-0.15, -0.1) is 10.2 Å². The molecule has 0 bridgehead atoms. The first-order valence-electron chi connectivity index (χ1n) is 10.9. The zero-order valence-corrected chi connectivity index (χ0v) is 18.2. The van der Waals surface area contributed by atoms with Crippen LogP contribution in [0.25, 0.3) is 0 Å². The number of nitrogens with zero attached hydrogens (tertiary/aromatic N) is 4. The van der Waals surface area contributed by atoms with E-state index >= 15 is 0 Å². The second kappa shape index (κ2) is 9.85. The molecule has 2 aliphatic rings. The molecule has 1 aromatic carbocycles. The fourth-order valence-electron chi connectivity index (χ4n) is 4.15. The minimum atomic E-state index is -0.0286. The van der Waals surface area contributed by atoms with Crippen molar-refractivity contribution in [3.63, 3.8) is 0 Å². The lowest BCUT2D eigenvalue weighted by Crippen LogP contribution is -2.49. The van der Waals surface area contributed by atoms with E-state index in [0.29, 0.717) is 49.1 Å². The Morgan fingerprint density at radius 3 is 2.16 bits per heavy atom. The molecule has 1 saturated carbocycles. The van der Waals surface area contributed by atoms with Crippen LogP contribution in [0.1, 0.15) is 42.5 Å². The van der Waals surface area contributed by atoms with E-state index in [1.807, 2.05) is 17.0 Å². The van der Waals surface area contributed by atoms with Crippen LogP contribution < -0.4 is 19.1 Å². The number of rotatable bonds is 6. The van der Waals surface area contributed by atoms with Gasteiger partial charge in [0, 0.05) is 43.9 Å². The van der Waals surface area contributed by atoms with Crippen molar-refractivity contribution in [1.82, 2.24) is 15.1 Å². The molecule has 8 nitrogen and oxygen atoms in total. The monoisotopic (exact) mass is 426 g/mol. The number of carbonyl (C=O) groups excluding carboxylic acids is 1. The van der Waals surface area contributed by atoms with E-state index in [0.717, 1.165) is 18.7 Å². The zero-order valence-electron chi connectivity index (χ0n) is 18.2. The van der Waals surface area contributed by atoms with Crippen molar-refractivity contribution in [1.29, 1.82) is 0 Å². The third-order valence-electron chi connectivity index (χ3n) is 5.95. The third-order valence-corrected chi connectivity index (χ3v) is 5.95. The maximum absolute atomic E-state index is 13.0. The molecule has 31 heavy (non-hydrogen) atoms. The molecule has 0 atom stereocenters. The first-order chi connectivity index (χ1) is 15.2. The number of carbonyl (C=O) groups is 1. The van der Waals surface area contributed by atoms with Crippen molar-refractivity contribution in [2.45, 2.75) is 38.2 Å². The van der Waals surface area contributed by atoms with Crippen LogP contribution in [0.4, 0.5) is 5.82 Å². The molecule has 2 aromatic rings. The second-order valence-electron chi connectivity index (χ2n) is 7.99. The van der Waals surface area contributed by atoms with Gasteiger partial charge in [-0.1, -0.05) is 6.42 Å². The van der Waals surface area contributed by atoms with E-state index in [9.17, 15) is 4.79 Å². The Balaban J connectivity index is 1.33. The van der Waals surface area contributed by atoms with Crippen molar-refractivity contribution in [3.8, 4) is 17.4 Å². The lowest BCUT2D eigenvalue weighted by Gasteiger charge is -2.35. The van der Waals surface area contributed by atoms with Crippen LogP contribution >= 0.6 is 0 Å². The normalized spacial score (nSPS) is 17.4. The lowest BCUT2D eigenvalue weighted by atomic mass is 9.98. The average molecular weight is 427 g/mol. The number of piperazine rings is 1. The van der Waals surface area contributed by atoms with Gasteiger partial charge in [-0.2, -0.15) is 0 Å². The van der Waals surface area contributed by atoms with Crippen molar-refractivity contribution < 1.29 is 19.0 Å². The number of amides is 1. The lowest BCUT2D eigenvalue weighted by molar-refractivity contribution is 0.0745. The minimum absolute atomic E-state index is 0.0286. The van der Waals surface area contributed by atoms with Crippen LogP contribution in [0, 0.1) is 0 Å². The van der Waals surface area contributed by atoms with Crippen LogP contribution in [0.2, 0.25) is 0 Å². The summed E-state index contributed by atoms with van der Waals surface area (Å²) >= 11 is 0. The molecule has 1 aromatic heterocycles. The summed E-state index contributed by atoms with van der Waals surface area (Å²) in [7, 11) is 3.16. The molecule has 2 fully saturated rings. The summed E-state index contributed by atoms with van der Waals surface area (Å²) in [5.74, 6) is 2.58. The van der Waals surface area contributed by atoms with E-state index < -0.39 is 0 Å². The third kappa shape index (κ3) is 5.18. The number of benzene rings is 1. The van der Waals surface area contributed by atoms with Gasteiger partial charge in [-0.05, 0) is 43.9 Å². The average Bonchev–Trinajstić information content (AvgIpc) is 2.84. The summed E-state index contributed by atoms with van der Waals surface area (Å²) in [6.45, 7) is 2.62. The predicted octanol–water partition coefficient (Wildman–Crippen LogP) is 3.17. The number of anilines is 1. The minimum Gasteiger partial charge on any atom is -0.497 e. The molecule has 0 unspecified atom stereocenters. The number of aromatic nitrogens is 2. The highest BCUT2D eigenvalue weighted by Crippen LogP contribution is 2.25. The SMILES string of the molecule is COc1cc(OC)cc(C(=O)N2CCN(c3ccc(OC4CCCCC4)nn3)CC2)c1. The van der Waals surface area contributed by atoms with Gasteiger partial charge >= 0.3 is 0 Å². The highest BCUT2D eigenvalue weighted by atomic mass is 16.5. The van der Waals surface area contributed by atoms with Crippen LogP contribution in [0.3, 0.4) is 0 Å². The van der Waals surface area contributed by atoms with Gasteiger partial charge in [-0.25, -0.2) is 0 Å². The Bertz CT molecular complexity index is 853. The molecule has 2 heterocycles. The van der Waals surface area contributed by atoms with Crippen LogP contribution in [0.15, 0.2) is 30.3 Å². The van der Waals surface area contributed by atoms with Gasteiger partial charge in [0.05, 0.1) is 14.2 Å². The van der Waals surface area contributed by atoms with Crippen LogP contribution in [-0.4, -0.2) is 67.5 Å². The molecule has 0 spiro atoms. The Kier molecular flexibility index (Phi) is 6.74.